The zero-order chi connectivity index (χ0) is 8.60. The van der Waals surface area contributed by atoms with Gasteiger partial charge >= 0.3 is 0 Å². The molecule has 1 spiro atoms. The van der Waals surface area contributed by atoms with E-state index in [0.29, 0.717) is 4.83 Å². The van der Waals surface area contributed by atoms with Crippen LogP contribution in [0.4, 0.5) is 0 Å². The molecule has 0 radical (unpaired) electrons. The molecule has 0 aromatic rings. The number of ether oxygens (including phenoxy) is 2. The van der Waals surface area contributed by atoms with E-state index in [9.17, 15) is 0 Å². The smallest absolute Gasteiger partial charge is 0.183 e. The number of nitrogens with zero attached hydrogens (tertiary/aromatic N) is 1. The van der Waals surface area contributed by atoms with E-state index in [0.717, 1.165) is 32.7 Å². The molecule has 2 saturated heterocycles. The van der Waals surface area contributed by atoms with Crippen molar-refractivity contribution in [3.8, 4) is 0 Å². The van der Waals surface area contributed by atoms with Crippen molar-refractivity contribution >= 4 is 25.3 Å². The van der Waals surface area contributed by atoms with Crippen molar-refractivity contribution in [1.29, 1.82) is 0 Å². The van der Waals surface area contributed by atoms with Crippen LogP contribution in [-0.4, -0.2) is 41.6 Å². The predicted octanol–water partition coefficient (Wildman–Crippen LogP) is 0.989. The minimum absolute atomic E-state index is 0.291. The molecule has 2 fully saturated rings. The molecule has 0 bridgehead atoms. The second-order valence-corrected chi connectivity index (χ2v) is 5.06. The second kappa shape index (κ2) is 3.50. The molecule has 0 aromatic heterocycles. The van der Waals surface area contributed by atoms with Crippen LogP contribution < -0.4 is 0 Å². The standard InChI is InChI=1S/C7H13BrNO2P/c8-6-5-9(12)2-1-7(6)10-3-4-11-7/h6H,1-5,12H2. The number of alkyl halides is 1. The molecule has 12 heavy (non-hydrogen) atoms. The lowest BCUT2D eigenvalue weighted by Gasteiger charge is -2.39. The summed E-state index contributed by atoms with van der Waals surface area (Å²) in [5, 5.41) is 0. The second-order valence-electron chi connectivity index (χ2n) is 3.22. The van der Waals surface area contributed by atoms with E-state index in [1.54, 1.807) is 0 Å². The molecule has 0 saturated carbocycles. The molecule has 2 aliphatic rings. The van der Waals surface area contributed by atoms with Crippen molar-refractivity contribution < 1.29 is 9.47 Å². The highest BCUT2D eigenvalue weighted by Gasteiger charge is 2.46. The van der Waals surface area contributed by atoms with Crippen LogP contribution in [-0.2, 0) is 9.47 Å². The predicted molar refractivity (Wildman–Crippen MR) is 53.3 cm³/mol. The zero-order valence-electron chi connectivity index (χ0n) is 6.83. The van der Waals surface area contributed by atoms with Gasteiger partial charge in [0.15, 0.2) is 5.79 Å². The number of piperidine rings is 1. The van der Waals surface area contributed by atoms with Gasteiger partial charge in [0.25, 0.3) is 0 Å². The number of hydrogen-bond donors (Lipinski definition) is 0. The Balaban J connectivity index is 2.05. The largest absolute Gasteiger partial charge is 0.346 e. The molecule has 2 unspecified atom stereocenters. The van der Waals surface area contributed by atoms with Gasteiger partial charge in [-0.3, -0.25) is 4.67 Å². The van der Waals surface area contributed by atoms with Crippen molar-refractivity contribution in [2.75, 3.05) is 26.3 Å². The van der Waals surface area contributed by atoms with E-state index in [1.807, 2.05) is 0 Å². The third kappa shape index (κ3) is 1.55. The quantitative estimate of drug-likeness (QED) is 0.475. The lowest BCUT2D eigenvalue weighted by Crippen LogP contribution is -2.50. The summed E-state index contributed by atoms with van der Waals surface area (Å²) in [6.07, 6.45) is 0.951. The van der Waals surface area contributed by atoms with E-state index in [2.05, 4.69) is 30.0 Å². The number of halogens is 1. The normalized spacial score (nSPS) is 36.0. The molecule has 2 heterocycles. The Kier molecular flexibility index (Phi) is 2.73. The summed E-state index contributed by atoms with van der Waals surface area (Å²) in [5.74, 6) is -0.326. The highest BCUT2D eigenvalue weighted by molar-refractivity contribution is 9.09. The van der Waals surface area contributed by atoms with Gasteiger partial charge in [-0.15, -0.1) is 0 Å². The van der Waals surface area contributed by atoms with Crippen LogP contribution in [0.2, 0.25) is 0 Å². The SMILES string of the molecule is PN1CCC2(OCCO2)C(Br)C1. The van der Waals surface area contributed by atoms with Gasteiger partial charge in [-0.2, -0.15) is 0 Å². The fourth-order valence-corrected chi connectivity index (χ4v) is 3.20. The van der Waals surface area contributed by atoms with Crippen LogP contribution in [0.25, 0.3) is 0 Å². The van der Waals surface area contributed by atoms with Gasteiger partial charge in [-0.25, -0.2) is 0 Å². The minimum Gasteiger partial charge on any atom is -0.346 e. The molecule has 0 aromatic carbocycles. The Bertz CT molecular complexity index is 175. The maximum Gasteiger partial charge on any atom is 0.183 e. The lowest BCUT2D eigenvalue weighted by molar-refractivity contribution is -0.172. The third-order valence-corrected chi connectivity index (χ3v) is 3.85. The first-order chi connectivity index (χ1) is 5.73. The van der Waals surface area contributed by atoms with E-state index >= 15 is 0 Å². The summed E-state index contributed by atoms with van der Waals surface area (Å²) in [7, 11) is 2.71. The molecule has 70 valence electrons. The molecular formula is C7H13BrNO2P. The average molecular weight is 254 g/mol. The molecule has 0 amide bonds. The Morgan fingerprint density at radius 1 is 1.42 bits per heavy atom. The van der Waals surface area contributed by atoms with Crippen LogP contribution in [0.1, 0.15) is 6.42 Å². The van der Waals surface area contributed by atoms with Crippen molar-refractivity contribution in [3.05, 3.63) is 0 Å². The van der Waals surface area contributed by atoms with Crippen molar-refractivity contribution in [3.63, 3.8) is 0 Å². The molecule has 2 atom stereocenters. The molecule has 2 aliphatic heterocycles. The third-order valence-electron chi connectivity index (χ3n) is 2.40. The van der Waals surface area contributed by atoms with Crippen molar-refractivity contribution in [2.24, 2.45) is 0 Å². The van der Waals surface area contributed by atoms with Gasteiger partial charge in [0.2, 0.25) is 0 Å². The van der Waals surface area contributed by atoms with Crippen LogP contribution in [0.5, 0.6) is 0 Å². The first-order valence-electron chi connectivity index (χ1n) is 4.14. The molecule has 0 N–H and O–H groups in total. The van der Waals surface area contributed by atoms with E-state index < -0.39 is 0 Å². The highest BCUT2D eigenvalue weighted by atomic mass is 79.9. The van der Waals surface area contributed by atoms with Gasteiger partial charge in [0.05, 0.1) is 18.0 Å². The molecule has 0 aliphatic carbocycles. The van der Waals surface area contributed by atoms with Gasteiger partial charge in [-0.05, 0) is 0 Å². The van der Waals surface area contributed by atoms with Crippen LogP contribution >= 0.6 is 25.3 Å². The summed E-state index contributed by atoms with van der Waals surface area (Å²) in [4.78, 5) is 0.291. The fraction of sp³-hybridized carbons (Fsp3) is 1.00. The summed E-state index contributed by atoms with van der Waals surface area (Å²) in [6.45, 7) is 3.45. The summed E-state index contributed by atoms with van der Waals surface area (Å²) >= 11 is 3.61. The van der Waals surface area contributed by atoms with Crippen LogP contribution in [0.3, 0.4) is 0 Å². The van der Waals surface area contributed by atoms with Crippen molar-refractivity contribution in [1.82, 2.24) is 4.67 Å². The highest BCUT2D eigenvalue weighted by Crippen LogP contribution is 2.36. The lowest BCUT2D eigenvalue weighted by atomic mass is 10.1. The maximum absolute atomic E-state index is 5.64. The van der Waals surface area contributed by atoms with Crippen LogP contribution in [0.15, 0.2) is 0 Å². The number of hydrogen-bond acceptors (Lipinski definition) is 3. The van der Waals surface area contributed by atoms with Gasteiger partial charge in [-0.1, -0.05) is 25.3 Å². The first-order valence-corrected chi connectivity index (χ1v) is 5.58. The maximum atomic E-state index is 5.64. The van der Waals surface area contributed by atoms with E-state index in [1.165, 1.54) is 0 Å². The fourth-order valence-electron chi connectivity index (χ4n) is 1.69. The Morgan fingerprint density at radius 2 is 2.08 bits per heavy atom. The summed E-state index contributed by atoms with van der Waals surface area (Å²) in [6, 6.07) is 0. The van der Waals surface area contributed by atoms with E-state index in [-0.39, 0.29) is 5.79 Å². The van der Waals surface area contributed by atoms with Gasteiger partial charge in [0.1, 0.15) is 0 Å². The molecule has 5 heteroatoms. The topological polar surface area (TPSA) is 21.7 Å². The Labute approximate surface area is 83.2 Å². The molecule has 2 rings (SSSR count). The Hall–Kier alpha value is 0.790. The van der Waals surface area contributed by atoms with E-state index in [4.69, 9.17) is 9.47 Å². The minimum atomic E-state index is -0.326. The number of rotatable bonds is 0. The molecular weight excluding hydrogens is 241 g/mol. The zero-order valence-corrected chi connectivity index (χ0v) is 9.57. The van der Waals surface area contributed by atoms with Crippen LogP contribution in [0, 0.1) is 0 Å². The summed E-state index contributed by atoms with van der Waals surface area (Å²) in [5.41, 5.74) is 0. The Morgan fingerprint density at radius 3 is 2.67 bits per heavy atom. The van der Waals surface area contributed by atoms with Gasteiger partial charge in [0, 0.05) is 19.5 Å². The monoisotopic (exact) mass is 253 g/mol. The molecule has 3 nitrogen and oxygen atoms in total. The van der Waals surface area contributed by atoms with Crippen molar-refractivity contribution in [2.45, 2.75) is 17.0 Å². The first kappa shape index (κ1) is 9.35. The average Bonchev–Trinajstić information content (AvgIpc) is 2.48. The van der Waals surface area contributed by atoms with Gasteiger partial charge < -0.3 is 9.47 Å². The summed E-state index contributed by atoms with van der Waals surface area (Å²) < 4.78 is 13.5.